The van der Waals surface area contributed by atoms with Gasteiger partial charge in [-0.15, -0.1) is 10.2 Å². The molecule has 4 aromatic rings. The zero-order valence-electron chi connectivity index (χ0n) is 24.5. The molecule has 232 valence electrons. The number of aromatic nitrogens is 3. The number of benzene rings is 3. The van der Waals surface area contributed by atoms with Crippen LogP contribution in [-0.2, 0) is 21.4 Å². The number of nitrogens with zero attached hydrogens (tertiary/aromatic N) is 4. The molecule has 0 unspecified atom stereocenters. The standard InChI is InChI=1S/C30H33FN6O5S2/c1-4-36(5-2)44(40,41)26-17-7-21(8-18-26)29(39)32-19-27-34-35-30(37(27)24-13-15-25(16-14-24)42-6-3)43-20-28(38)33-23-11-9-22(31)10-12-23/h7-18H,4-6,19-20H2,1-3H3,(H,32,39)(H,33,38). The first-order chi connectivity index (χ1) is 21.2. The topological polar surface area (TPSA) is 136 Å². The molecule has 2 N–H and O–H groups in total. The quantitative estimate of drug-likeness (QED) is 0.193. The van der Waals surface area contributed by atoms with Gasteiger partial charge in [-0.2, -0.15) is 4.31 Å². The second-order valence-electron chi connectivity index (χ2n) is 9.30. The molecule has 0 aliphatic heterocycles. The minimum Gasteiger partial charge on any atom is -0.494 e. The molecular weight excluding hydrogens is 607 g/mol. The molecule has 1 heterocycles. The van der Waals surface area contributed by atoms with E-state index in [1.807, 2.05) is 19.1 Å². The highest BCUT2D eigenvalue weighted by Gasteiger charge is 2.22. The maximum Gasteiger partial charge on any atom is 0.251 e. The largest absolute Gasteiger partial charge is 0.494 e. The van der Waals surface area contributed by atoms with Gasteiger partial charge >= 0.3 is 0 Å². The molecule has 4 rings (SSSR count). The lowest BCUT2D eigenvalue weighted by Crippen LogP contribution is -2.30. The second kappa shape index (κ2) is 14.9. The smallest absolute Gasteiger partial charge is 0.251 e. The van der Waals surface area contributed by atoms with Crippen LogP contribution in [0.4, 0.5) is 10.1 Å². The number of hydrogen-bond donors (Lipinski definition) is 2. The van der Waals surface area contributed by atoms with E-state index in [9.17, 15) is 22.4 Å². The minimum absolute atomic E-state index is 0.000871. The number of rotatable bonds is 14. The number of hydrogen-bond acceptors (Lipinski definition) is 8. The van der Waals surface area contributed by atoms with Gasteiger partial charge in [0, 0.05) is 30.0 Å². The van der Waals surface area contributed by atoms with Gasteiger partial charge in [0.25, 0.3) is 5.91 Å². The van der Waals surface area contributed by atoms with E-state index >= 15 is 0 Å². The average Bonchev–Trinajstić information content (AvgIpc) is 3.43. The molecule has 0 aliphatic carbocycles. The van der Waals surface area contributed by atoms with Crippen LogP contribution in [0.3, 0.4) is 0 Å². The van der Waals surface area contributed by atoms with Gasteiger partial charge in [0.1, 0.15) is 11.6 Å². The predicted molar refractivity (Wildman–Crippen MR) is 166 cm³/mol. The predicted octanol–water partition coefficient (Wildman–Crippen LogP) is 4.50. The Morgan fingerprint density at radius 1 is 0.932 bits per heavy atom. The van der Waals surface area contributed by atoms with Crippen LogP contribution in [0.25, 0.3) is 5.69 Å². The molecule has 0 radical (unpaired) electrons. The Bertz CT molecular complexity index is 1670. The highest BCUT2D eigenvalue weighted by atomic mass is 32.2. The van der Waals surface area contributed by atoms with Crippen LogP contribution >= 0.6 is 11.8 Å². The van der Waals surface area contributed by atoms with Gasteiger partial charge in [0.15, 0.2) is 11.0 Å². The van der Waals surface area contributed by atoms with Crippen molar-refractivity contribution in [2.75, 3.05) is 30.8 Å². The molecule has 44 heavy (non-hydrogen) atoms. The number of halogens is 1. The summed E-state index contributed by atoms with van der Waals surface area (Å²) in [7, 11) is -3.65. The van der Waals surface area contributed by atoms with Crippen LogP contribution < -0.4 is 15.4 Å². The van der Waals surface area contributed by atoms with Crippen molar-refractivity contribution in [3.63, 3.8) is 0 Å². The normalized spacial score (nSPS) is 11.4. The van der Waals surface area contributed by atoms with Crippen LogP contribution in [0.2, 0.25) is 0 Å². The molecule has 11 nitrogen and oxygen atoms in total. The van der Waals surface area contributed by atoms with Gasteiger partial charge in [-0.1, -0.05) is 25.6 Å². The molecule has 0 saturated carbocycles. The van der Waals surface area contributed by atoms with E-state index < -0.39 is 21.7 Å². The van der Waals surface area contributed by atoms with Crippen molar-refractivity contribution in [1.82, 2.24) is 24.4 Å². The molecule has 1 aromatic heterocycles. The number of nitrogens with one attached hydrogen (secondary N) is 2. The van der Waals surface area contributed by atoms with E-state index in [1.165, 1.54) is 52.8 Å². The van der Waals surface area contributed by atoms with Crippen molar-refractivity contribution >= 4 is 39.3 Å². The van der Waals surface area contributed by atoms with Gasteiger partial charge in [0.2, 0.25) is 15.9 Å². The fourth-order valence-electron chi connectivity index (χ4n) is 4.24. The lowest BCUT2D eigenvalue weighted by atomic mass is 10.2. The summed E-state index contributed by atoms with van der Waals surface area (Å²) >= 11 is 1.15. The number of amides is 2. The fourth-order valence-corrected chi connectivity index (χ4v) is 6.47. The van der Waals surface area contributed by atoms with Crippen molar-refractivity contribution in [2.24, 2.45) is 0 Å². The van der Waals surface area contributed by atoms with Crippen LogP contribution in [0.5, 0.6) is 5.75 Å². The van der Waals surface area contributed by atoms with Gasteiger partial charge in [0.05, 0.1) is 23.8 Å². The van der Waals surface area contributed by atoms with Crippen molar-refractivity contribution in [3.8, 4) is 11.4 Å². The number of ether oxygens (including phenoxy) is 1. The van der Waals surface area contributed by atoms with E-state index in [4.69, 9.17) is 4.74 Å². The third kappa shape index (κ3) is 8.01. The Hall–Kier alpha value is -4.27. The van der Waals surface area contributed by atoms with Crippen LogP contribution in [-0.4, -0.2) is 64.8 Å². The Labute approximate surface area is 259 Å². The zero-order valence-corrected chi connectivity index (χ0v) is 26.1. The van der Waals surface area contributed by atoms with E-state index in [2.05, 4.69) is 20.8 Å². The highest BCUT2D eigenvalue weighted by Crippen LogP contribution is 2.25. The first-order valence-corrected chi connectivity index (χ1v) is 16.3. The molecule has 3 aromatic carbocycles. The summed E-state index contributed by atoms with van der Waals surface area (Å²) in [5.41, 5.74) is 1.44. The van der Waals surface area contributed by atoms with E-state index in [1.54, 1.807) is 30.5 Å². The van der Waals surface area contributed by atoms with Crippen LogP contribution in [0.1, 0.15) is 37.0 Å². The Balaban J connectivity index is 1.50. The first-order valence-electron chi connectivity index (χ1n) is 13.9. The highest BCUT2D eigenvalue weighted by molar-refractivity contribution is 7.99. The average molecular weight is 641 g/mol. The molecule has 2 amide bonds. The number of anilines is 1. The number of thioether (sulfide) groups is 1. The van der Waals surface area contributed by atoms with Gasteiger partial charge in [-0.25, -0.2) is 12.8 Å². The summed E-state index contributed by atoms with van der Waals surface area (Å²) in [6.07, 6.45) is 0. The summed E-state index contributed by atoms with van der Waals surface area (Å²) in [5.74, 6) is -0.0549. The molecule has 0 fully saturated rings. The first kappa shape index (κ1) is 32.6. The summed E-state index contributed by atoms with van der Waals surface area (Å²) in [4.78, 5) is 25.7. The SMILES string of the molecule is CCOc1ccc(-n2c(CNC(=O)c3ccc(S(=O)(=O)N(CC)CC)cc3)nnc2SCC(=O)Nc2ccc(F)cc2)cc1. The van der Waals surface area contributed by atoms with Crippen molar-refractivity contribution in [3.05, 3.63) is 90.0 Å². The summed E-state index contributed by atoms with van der Waals surface area (Å²) in [6, 6.07) is 18.4. The number of sulfonamides is 1. The molecule has 14 heteroatoms. The molecule has 0 bridgehead atoms. The van der Waals surface area contributed by atoms with Gasteiger partial charge in [-0.05, 0) is 79.7 Å². The summed E-state index contributed by atoms with van der Waals surface area (Å²) in [5, 5.41) is 14.5. The van der Waals surface area contributed by atoms with Gasteiger partial charge < -0.3 is 15.4 Å². The van der Waals surface area contributed by atoms with Crippen molar-refractivity contribution in [1.29, 1.82) is 0 Å². The maximum absolute atomic E-state index is 13.2. The Morgan fingerprint density at radius 2 is 1.59 bits per heavy atom. The van der Waals surface area contributed by atoms with E-state index in [0.29, 0.717) is 47.8 Å². The van der Waals surface area contributed by atoms with Crippen LogP contribution in [0, 0.1) is 5.82 Å². The van der Waals surface area contributed by atoms with Crippen molar-refractivity contribution < 1.29 is 27.1 Å². The van der Waals surface area contributed by atoms with Gasteiger partial charge in [-0.3, -0.25) is 14.2 Å². The Morgan fingerprint density at radius 3 is 2.20 bits per heavy atom. The molecule has 0 spiro atoms. The molecule has 0 saturated heterocycles. The number of carbonyl (C=O) groups is 2. The molecule has 0 aliphatic rings. The second-order valence-corrected chi connectivity index (χ2v) is 12.2. The zero-order chi connectivity index (χ0) is 31.7. The molecule has 0 atom stereocenters. The minimum atomic E-state index is -3.65. The third-order valence-corrected chi connectivity index (χ3v) is 9.43. The van der Waals surface area contributed by atoms with E-state index in [0.717, 1.165) is 11.8 Å². The third-order valence-electron chi connectivity index (χ3n) is 6.43. The lowest BCUT2D eigenvalue weighted by molar-refractivity contribution is -0.113. The maximum atomic E-state index is 13.2. The fraction of sp³-hybridized carbons (Fsp3) is 0.267. The van der Waals surface area contributed by atoms with Crippen molar-refractivity contribution in [2.45, 2.75) is 37.4 Å². The number of carbonyl (C=O) groups excluding carboxylic acids is 2. The summed E-state index contributed by atoms with van der Waals surface area (Å²) < 4.78 is 47.4. The van der Waals surface area contributed by atoms with Crippen LogP contribution in [0.15, 0.2) is 82.8 Å². The lowest BCUT2D eigenvalue weighted by Gasteiger charge is -2.18. The monoisotopic (exact) mass is 640 g/mol. The summed E-state index contributed by atoms with van der Waals surface area (Å²) in [6.45, 7) is 6.61. The molecular formula is C30H33FN6O5S2. The Kier molecular flexibility index (Phi) is 11.1. The van der Waals surface area contributed by atoms with E-state index in [-0.39, 0.29) is 28.7 Å².